The largest absolute Gasteiger partial charge is 1.00 e. The number of rotatable bonds is 8. The quantitative estimate of drug-likeness (QED) is 0.176. The second-order valence-electron chi connectivity index (χ2n) is 8.47. The topological polar surface area (TPSA) is 234 Å². The van der Waals surface area contributed by atoms with Gasteiger partial charge in [0.2, 0.25) is 0 Å². The first-order valence-corrected chi connectivity index (χ1v) is 12.3. The Morgan fingerprint density at radius 1 is 1.32 bits per heavy atom. The van der Waals surface area contributed by atoms with Crippen molar-refractivity contribution in [1.82, 2.24) is 19.1 Å². The Labute approximate surface area is 231 Å². The average molecular weight is 553 g/mol. The summed E-state index contributed by atoms with van der Waals surface area (Å²) in [6.07, 6.45) is -2.10. The normalized spacial score (nSPS) is 26.8. The molecule has 0 amide bonds. The predicted octanol–water partition coefficient (Wildman–Crippen LogP) is -5.49. The van der Waals surface area contributed by atoms with Crippen molar-refractivity contribution in [3.63, 3.8) is 0 Å². The smallest absolute Gasteiger partial charge is 0.858 e. The SMILES string of the molecule is Cc1c([O-])nc(=O)n2c1C[C@](CO)(COP(=O)(O)O[C@H]1C[C@H](n3ccc(N)nc3=O)O[C@@H]1CO)OC2.[Na+]. The molecule has 1 unspecified atom stereocenters. The van der Waals surface area contributed by atoms with Crippen LogP contribution in [0.2, 0.25) is 0 Å². The molecular weight excluding hydrogens is 528 g/mol. The maximum Gasteiger partial charge on any atom is 1.00 e. The van der Waals surface area contributed by atoms with E-state index in [9.17, 15) is 34.4 Å². The van der Waals surface area contributed by atoms with Crippen molar-refractivity contribution in [1.29, 1.82) is 0 Å². The Balaban J connectivity index is 0.00000380. The van der Waals surface area contributed by atoms with Crippen LogP contribution in [0.25, 0.3) is 0 Å². The van der Waals surface area contributed by atoms with E-state index in [1.165, 1.54) is 19.2 Å². The maximum absolute atomic E-state index is 12.7. The van der Waals surface area contributed by atoms with E-state index in [0.29, 0.717) is 0 Å². The number of ether oxygens (including phenoxy) is 2. The molecule has 37 heavy (non-hydrogen) atoms. The number of nitrogens with two attached hydrogens (primary N) is 1. The van der Waals surface area contributed by atoms with Crippen molar-refractivity contribution in [2.75, 3.05) is 25.6 Å². The molecule has 1 saturated heterocycles. The van der Waals surface area contributed by atoms with Crippen LogP contribution in [0, 0.1) is 6.92 Å². The summed E-state index contributed by atoms with van der Waals surface area (Å²) in [5.41, 5.74) is 2.82. The number of aromatic nitrogens is 4. The van der Waals surface area contributed by atoms with E-state index in [0.717, 1.165) is 9.13 Å². The minimum atomic E-state index is -4.82. The van der Waals surface area contributed by atoms with Crippen LogP contribution in [0.1, 0.15) is 23.9 Å². The van der Waals surface area contributed by atoms with Crippen molar-refractivity contribution in [3.8, 4) is 5.88 Å². The number of phosphoric acid groups is 1. The summed E-state index contributed by atoms with van der Waals surface area (Å²) in [7, 11) is -4.82. The summed E-state index contributed by atoms with van der Waals surface area (Å²) in [6, 6.07) is 1.37. The van der Waals surface area contributed by atoms with Crippen molar-refractivity contribution >= 4 is 13.6 Å². The fourth-order valence-electron chi connectivity index (χ4n) is 4.02. The van der Waals surface area contributed by atoms with Gasteiger partial charge in [-0.2, -0.15) is 4.98 Å². The van der Waals surface area contributed by atoms with E-state index >= 15 is 0 Å². The standard InChI is InChI=1S/C19H26N5O11P.Na/c1-10-11-5-19(7-26,32-9-24(11)18(29)22-16(10)27)8-33-36(30,31)35-12-4-15(34-13(12)6-25)23-3-2-14(20)21-17(23)28;/h2-3,12-13,15,25-26H,4-9H2,1H3,(H,30,31)(H2,20,21,28)(H,22,27,29);/q;+1/p-1/t12-,13+,15+,19-;/m0./s1. The number of anilines is 1. The first kappa shape index (κ1) is 29.9. The number of aliphatic hydroxyl groups is 2. The molecule has 0 spiro atoms. The van der Waals surface area contributed by atoms with Crippen LogP contribution in [-0.2, 0) is 36.2 Å². The van der Waals surface area contributed by atoms with Gasteiger partial charge in [-0.15, -0.1) is 0 Å². The second-order valence-corrected chi connectivity index (χ2v) is 9.87. The summed E-state index contributed by atoms with van der Waals surface area (Å²) in [5, 5.41) is 31.5. The molecule has 0 bridgehead atoms. The van der Waals surface area contributed by atoms with Gasteiger partial charge in [0, 0.05) is 24.7 Å². The van der Waals surface area contributed by atoms with Gasteiger partial charge in [0.25, 0.3) is 0 Å². The fraction of sp³-hybridized carbons (Fsp3) is 0.579. The number of hydrogen-bond acceptors (Lipinski definition) is 13. The third-order valence-electron chi connectivity index (χ3n) is 6.07. The van der Waals surface area contributed by atoms with Crippen LogP contribution in [0.5, 0.6) is 5.88 Å². The Hall–Kier alpha value is -1.69. The molecule has 2 aromatic rings. The van der Waals surface area contributed by atoms with Gasteiger partial charge in [-0.3, -0.25) is 18.2 Å². The van der Waals surface area contributed by atoms with E-state index < -0.39 is 68.9 Å². The zero-order valence-corrected chi connectivity index (χ0v) is 22.9. The van der Waals surface area contributed by atoms with Gasteiger partial charge < -0.3 is 35.4 Å². The number of nitrogen functional groups attached to an aromatic ring is 1. The molecule has 0 aliphatic carbocycles. The molecule has 0 radical (unpaired) electrons. The van der Waals surface area contributed by atoms with E-state index in [1.807, 2.05) is 0 Å². The minimum absolute atomic E-state index is 0. The molecule has 5 N–H and O–H groups in total. The molecule has 16 nitrogen and oxygen atoms in total. The molecule has 2 aliphatic heterocycles. The second kappa shape index (κ2) is 11.6. The van der Waals surface area contributed by atoms with E-state index in [2.05, 4.69) is 9.97 Å². The first-order chi connectivity index (χ1) is 17.0. The number of hydrogen-bond donors (Lipinski definition) is 4. The molecule has 4 heterocycles. The van der Waals surface area contributed by atoms with Gasteiger partial charge in [0.05, 0.1) is 19.8 Å². The van der Waals surface area contributed by atoms with Crippen molar-refractivity contribution < 1.29 is 72.9 Å². The molecule has 5 atom stereocenters. The molecule has 18 heteroatoms. The predicted molar refractivity (Wildman–Crippen MR) is 116 cm³/mol. The van der Waals surface area contributed by atoms with Crippen molar-refractivity contribution in [3.05, 3.63) is 44.5 Å². The molecule has 1 fully saturated rings. The summed E-state index contributed by atoms with van der Waals surface area (Å²) >= 11 is 0. The third kappa shape index (κ3) is 6.32. The Bertz CT molecular complexity index is 1310. The van der Waals surface area contributed by atoms with Gasteiger partial charge in [0.1, 0.15) is 36.6 Å². The van der Waals surface area contributed by atoms with Gasteiger partial charge in [-0.25, -0.2) is 19.1 Å². The average Bonchev–Trinajstić information content (AvgIpc) is 3.22. The summed E-state index contributed by atoms with van der Waals surface area (Å²) in [5.74, 6) is -0.722. The molecule has 0 aromatic carbocycles. The van der Waals surface area contributed by atoms with E-state index in [4.69, 9.17) is 24.3 Å². The number of fused-ring (bicyclic) bond motifs is 1. The zero-order valence-electron chi connectivity index (χ0n) is 20.1. The zero-order chi connectivity index (χ0) is 26.3. The molecule has 0 saturated carbocycles. The van der Waals surface area contributed by atoms with Crippen LogP contribution >= 0.6 is 7.82 Å². The molecule has 2 aliphatic rings. The fourth-order valence-corrected chi connectivity index (χ4v) is 5.05. The third-order valence-corrected chi connectivity index (χ3v) is 7.06. The Morgan fingerprint density at radius 3 is 2.70 bits per heavy atom. The van der Waals surface area contributed by atoms with Crippen LogP contribution in [0.15, 0.2) is 21.9 Å². The van der Waals surface area contributed by atoms with Crippen LogP contribution in [-0.4, -0.2) is 71.8 Å². The van der Waals surface area contributed by atoms with Gasteiger partial charge >= 0.3 is 48.8 Å². The van der Waals surface area contributed by atoms with Gasteiger partial charge in [-0.05, 0) is 24.4 Å². The van der Waals surface area contributed by atoms with Crippen LogP contribution in [0.4, 0.5) is 5.82 Å². The maximum atomic E-state index is 12.7. The summed E-state index contributed by atoms with van der Waals surface area (Å²) in [4.78, 5) is 41.4. The van der Waals surface area contributed by atoms with E-state index in [1.54, 1.807) is 0 Å². The van der Waals surface area contributed by atoms with Crippen molar-refractivity contribution in [2.24, 2.45) is 0 Å². The minimum Gasteiger partial charge on any atom is -0.858 e. The van der Waals surface area contributed by atoms with Crippen LogP contribution in [0.3, 0.4) is 0 Å². The number of phosphoric ester groups is 1. The number of nitrogens with zero attached hydrogens (tertiary/aromatic N) is 4. The van der Waals surface area contributed by atoms with Crippen molar-refractivity contribution in [2.45, 2.75) is 50.5 Å². The molecular formula is C19H25N5NaO11P. The molecule has 4 rings (SSSR count). The Morgan fingerprint density at radius 2 is 2.05 bits per heavy atom. The number of aliphatic hydroxyl groups excluding tert-OH is 2. The van der Waals surface area contributed by atoms with E-state index in [-0.39, 0.29) is 66.2 Å². The monoisotopic (exact) mass is 553 g/mol. The summed E-state index contributed by atoms with van der Waals surface area (Å²) < 4.78 is 36.4. The summed E-state index contributed by atoms with van der Waals surface area (Å²) in [6.45, 7) is -0.791. The van der Waals surface area contributed by atoms with Gasteiger partial charge in [0.15, 0.2) is 0 Å². The van der Waals surface area contributed by atoms with Crippen LogP contribution < -0.4 is 51.8 Å². The Kier molecular flexibility index (Phi) is 9.35. The molecule has 2 aromatic heterocycles. The first-order valence-electron chi connectivity index (χ1n) is 10.8. The van der Waals surface area contributed by atoms with Gasteiger partial charge in [-0.1, -0.05) is 0 Å². The molecule has 198 valence electrons.